The van der Waals surface area contributed by atoms with Crippen LogP contribution in [0.2, 0.25) is 0 Å². The Morgan fingerprint density at radius 2 is 1.69 bits per heavy atom. The van der Waals surface area contributed by atoms with Crippen LogP contribution in [0.5, 0.6) is 17.2 Å². The zero-order valence-corrected chi connectivity index (χ0v) is 20.7. The van der Waals surface area contributed by atoms with E-state index in [0.717, 1.165) is 16.3 Å². The first-order chi connectivity index (χ1) is 16.8. The molecule has 1 N–H and O–H groups in total. The lowest BCUT2D eigenvalue weighted by molar-refractivity contribution is 0.0939. The smallest absolute Gasteiger partial charge is 0.264 e. The van der Waals surface area contributed by atoms with E-state index < -0.39 is 10.0 Å². The van der Waals surface area contributed by atoms with E-state index in [-0.39, 0.29) is 16.8 Å². The topological polar surface area (TPSA) is 94.2 Å². The lowest BCUT2D eigenvalue weighted by atomic mass is 10.1. The molecule has 1 unspecified atom stereocenters. The first kappa shape index (κ1) is 24.4. The summed E-state index contributed by atoms with van der Waals surface area (Å²) < 4.78 is 44.1. The minimum Gasteiger partial charge on any atom is -0.495 e. The quantitative estimate of drug-likeness (QED) is 0.528. The summed E-state index contributed by atoms with van der Waals surface area (Å²) in [6.45, 7) is 3.07. The van der Waals surface area contributed by atoms with Gasteiger partial charge in [0.2, 0.25) is 0 Å². The monoisotopic (exact) mass is 496 g/mol. The second-order valence-corrected chi connectivity index (χ2v) is 10.1. The Morgan fingerprint density at radius 1 is 1.00 bits per heavy atom. The van der Waals surface area contributed by atoms with E-state index in [2.05, 4.69) is 5.32 Å². The molecule has 4 rings (SSSR count). The number of carbonyl (C=O) groups excluding carboxylic acids is 1. The number of nitrogens with zero attached hydrogens (tertiary/aromatic N) is 1. The van der Waals surface area contributed by atoms with E-state index in [1.54, 1.807) is 24.3 Å². The number of hydrogen-bond donors (Lipinski definition) is 1. The van der Waals surface area contributed by atoms with Crippen molar-refractivity contribution in [3.63, 3.8) is 0 Å². The molecule has 1 heterocycles. The van der Waals surface area contributed by atoms with E-state index in [1.807, 2.05) is 25.1 Å². The Labute approximate surface area is 205 Å². The zero-order valence-electron chi connectivity index (χ0n) is 19.9. The van der Waals surface area contributed by atoms with Crippen molar-refractivity contribution >= 4 is 21.6 Å². The third kappa shape index (κ3) is 5.19. The van der Waals surface area contributed by atoms with Crippen LogP contribution >= 0.6 is 0 Å². The molecule has 0 saturated heterocycles. The number of hydrogen-bond acceptors (Lipinski definition) is 6. The second-order valence-electron chi connectivity index (χ2n) is 8.12. The number of sulfonamides is 1. The normalized spacial score (nSPS) is 13.9. The van der Waals surface area contributed by atoms with Gasteiger partial charge in [0.05, 0.1) is 36.9 Å². The third-order valence-corrected chi connectivity index (χ3v) is 7.60. The van der Waals surface area contributed by atoms with E-state index in [4.69, 9.17) is 14.2 Å². The van der Waals surface area contributed by atoms with Gasteiger partial charge in [0.1, 0.15) is 5.75 Å². The van der Waals surface area contributed by atoms with Gasteiger partial charge in [0.15, 0.2) is 11.5 Å². The van der Waals surface area contributed by atoms with Gasteiger partial charge < -0.3 is 19.5 Å². The van der Waals surface area contributed by atoms with Gasteiger partial charge >= 0.3 is 0 Å². The molecule has 0 aliphatic carbocycles. The highest BCUT2D eigenvalue weighted by Gasteiger charge is 2.24. The van der Waals surface area contributed by atoms with Crippen molar-refractivity contribution in [1.29, 1.82) is 0 Å². The SMILES string of the molecule is COc1ccccc1N(C)S(=O)(=O)c1ccc(C(=O)NC(C)c2ccc3c(c2)OCCCO3)cc1. The Balaban J connectivity index is 1.47. The van der Waals surface area contributed by atoms with Crippen LogP contribution in [-0.2, 0) is 10.0 Å². The highest BCUT2D eigenvalue weighted by molar-refractivity contribution is 7.92. The molecule has 0 aromatic heterocycles. The fourth-order valence-corrected chi connectivity index (χ4v) is 4.97. The standard InChI is InChI=1S/C26H28N2O6S/c1-18(20-11-14-24-25(17-20)34-16-6-15-33-24)27-26(29)19-9-12-21(13-10-19)35(30,31)28(2)22-7-4-5-8-23(22)32-3/h4-5,7-14,17-18H,6,15-16H2,1-3H3,(H,27,29). The third-order valence-electron chi connectivity index (χ3n) is 5.82. The van der Waals surface area contributed by atoms with Crippen LogP contribution in [0, 0.1) is 0 Å². The molecule has 3 aromatic rings. The van der Waals surface area contributed by atoms with E-state index in [9.17, 15) is 13.2 Å². The predicted molar refractivity (Wildman–Crippen MR) is 133 cm³/mol. The molecule has 1 atom stereocenters. The van der Waals surface area contributed by atoms with Crippen LogP contribution in [0.25, 0.3) is 0 Å². The lowest BCUT2D eigenvalue weighted by Gasteiger charge is -2.21. The summed E-state index contributed by atoms with van der Waals surface area (Å²) >= 11 is 0. The summed E-state index contributed by atoms with van der Waals surface area (Å²) in [5, 5.41) is 2.95. The molecule has 1 amide bonds. The van der Waals surface area contributed by atoms with Gasteiger partial charge in [0, 0.05) is 19.0 Å². The van der Waals surface area contributed by atoms with Crippen molar-refractivity contribution in [2.45, 2.75) is 24.3 Å². The Morgan fingerprint density at radius 3 is 2.40 bits per heavy atom. The molecule has 0 radical (unpaired) electrons. The number of anilines is 1. The summed E-state index contributed by atoms with van der Waals surface area (Å²) in [7, 11) is -0.900. The number of rotatable bonds is 7. The summed E-state index contributed by atoms with van der Waals surface area (Å²) in [5.41, 5.74) is 1.64. The molecular weight excluding hydrogens is 468 g/mol. The number of para-hydroxylation sites is 2. The molecule has 1 aliphatic heterocycles. The van der Waals surface area contributed by atoms with Crippen molar-refractivity contribution in [2.24, 2.45) is 0 Å². The van der Waals surface area contributed by atoms with E-state index >= 15 is 0 Å². The number of ether oxygens (including phenoxy) is 3. The van der Waals surface area contributed by atoms with Crippen molar-refractivity contribution in [1.82, 2.24) is 5.32 Å². The summed E-state index contributed by atoms with van der Waals surface area (Å²) in [6.07, 6.45) is 0.816. The number of methoxy groups -OCH3 is 1. The van der Waals surface area contributed by atoms with Crippen LogP contribution in [0.1, 0.15) is 35.3 Å². The van der Waals surface area contributed by atoms with E-state index in [0.29, 0.717) is 41.7 Å². The summed E-state index contributed by atoms with van der Waals surface area (Å²) in [6, 6.07) is 18.0. The maximum absolute atomic E-state index is 13.1. The molecule has 9 heteroatoms. The number of carbonyl (C=O) groups is 1. The van der Waals surface area contributed by atoms with Gasteiger partial charge in [-0.3, -0.25) is 9.10 Å². The summed E-state index contributed by atoms with van der Waals surface area (Å²) in [4.78, 5) is 12.9. The van der Waals surface area contributed by atoms with Crippen LogP contribution in [-0.4, -0.2) is 41.7 Å². The fourth-order valence-electron chi connectivity index (χ4n) is 3.77. The minimum atomic E-state index is -3.85. The average molecular weight is 497 g/mol. The Hall–Kier alpha value is -3.72. The van der Waals surface area contributed by atoms with Crippen molar-refractivity contribution in [3.8, 4) is 17.2 Å². The van der Waals surface area contributed by atoms with Gasteiger partial charge in [-0.25, -0.2) is 8.42 Å². The largest absolute Gasteiger partial charge is 0.495 e. The molecule has 8 nitrogen and oxygen atoms in total. The lowest BCUT2D eigenvalue weighted by Crippen LogP contribution is -2.28. The van der Waals surface area contributed by atoms with Gasteiger partial charge in [0.25, 0.3) is 15.9 Å². The number of benzene rings is 3. The minimum absolute atomic E-state index is 0.0680. The molecule has 1 aliphatic rings. The van der Waals surface area contributed by atoms with Crippen LogP contribution < -0.4 is 23.8 Å². The van der Waals surface area contributed by atoms with Crippen molar-refractivity contribution in [3.05, 3.63) is 77.9 Å². The molecule has 35 heavy (non-hydrogen) atoms. The van der Waals surface area contributed by atoms with Gasteiger partial charge in [-0.05, 0) is 61.0 Å². The number of amides is 1. The number of nitrogens with one attached hydrogen (secondary N) is 1. The number of fused-ring (bicyclic) bond motifs is 1. The second kappa shape index (κ2) is 10.3. The fraction of sp³-hybridized carbons (Fsp3) is 0.269. The maximum Gasteiger partial charge on any atom is 0.264 e. The first-order valence-electron chi connectivity index (χ1n) is 11.2. The predicted octanol–water partition coefficient (Wildman–Crippen LogP) is 4.17. The van der Waals surface area contributed by atoms with E-state index in [1.165, 1.54) is 38.4 Å². The van der Waals surface area contributed by atoms with Crippen LogP contribution in [0.15, 0.2) is 71.6 Å². The first-order valence-corrected chi connectivity index (χ1v) is 12.7. The maximum atomic E-state index is 13.1. The molecule has 0 bridgehead atoms. The Kier molecular flexibility index (Phi) is 7.16. The average Bonchev–Trinajstić information content (AvgIpc) is 3.13. The zero-order chi connectivity index (χ0) is 25.0. The van der Waals surface area contributed by atoms with Crippen LogP contribution in [0.4, 0.5) is 5.69 Å². The Bertz CT molecular complexity index is 1310. The molecule has 0 saturated carbocycles. The highest BCUT2D eigenvalue weighted by Crippen LogP contribution is 2.33. The summed E-state index contributed by atoms with van der Waals surface area (Å²) in [5.74, 6) is 1.49. The molecule has 3 aromatic carbocycles. The van der Waals surface area contributed by atoms with Gasteiger partial charge in [-0.15, -0.1) is 0 Å². The molecule has 184 valence electrons. The molecular formula is C26H28N2O6S. The van der Waals surface area contributed by atoms with Crippen LogP contribution in [0.3, 0.4) is 0 Å². The van der Waals surface area contributed by atoms with Gasteiger partial charge in [-0.2, -0.15) is 0 Å². The van der Waals surface area contributed by atoms with Crippen molar-refractivity contribution < 1.29 is 27.4 Å². The molecule has 0 fully saturated rings. The highest BCUT2D eigenvalue weighted by atomic mass is 32.2. The van der Waals surface area contributed by atoms with Crippen molar-refractivity contribution in [2.75, 3.05) is 31.7 Å². The van der Waals surface area contributed by atoms with Gasteiger partial charge in [-0.1, -0.05) is 18.2 Å². The molecule has 0 spiro atoms.